The van der Waals surface area contributed by atoms with E-state index in [2.05, 4.69) is 10.6 Å². The second kappa shape index (κ2) is 10.2. The molecule has 0 spiro atoms. The average Bonchev–Trinajstić information content (AvgIpc) is 2.80. The van der Waals surface area contributed by atoms with Crippen LogP contribution in [-0.4, -0.2) is 58.0 Å². The van der Waals surface area contributed by atoms with Gasteiger partial charge < -0.3 is 29.0 Å². The Bertz CT molecular complexity index is 940. The van der Waals surface area contributed by atoms with E-state index in [4.69, 9.17) is 23.7 Å². The van der Waals surface area contributed by atoms with Gasteiger partial charge in [0.05, 0.1) is 26.3 Å². The molecule has 0 saturated heterocycles. The SMILES string of the molecule is COc1cc(OC)cc(C(=O)OCC(=O)NC(=O)NCC2COc3ccccc3O2)c1. The molecule has 0 bridgehead atoms. The van der Waals surface area contributed by atoms with Crippen LogP contribution in [0, 0.1) is 0 Å². The van der Waals surface area contributed by atoms with Crippen LogP contribution in [0.25, 0.3) is 0 Å². The summed E-state index contributed by atoms with van der Waals surface area (Å²) in [4.78, 5) is 36.0. The Labute approximate surface area is 178 Å². The number of fused-ring (bicyclic) bond motifs is 1. The van der Waals surface area contributed by atoms with Crippen molar-refractivity contribution in [2.75, 3.05) is 34.0 Å². The van der Waals surface area contributed by atoms with Gasteiger partial charge in [0.15, 0.2) is 24.2 Å². The van der Waals surface area contributed by atoms with Gasteiger partial charge in [0.1, 0.15) is 18.1 Å². The summed E-state index contributed by atoms with van der Waals surface area (Å²) < 4.78 is 26.4. The van der Waals surface area contributed by atoms with E-state index in [-0.39, 0.29) is 18.7 Å². The number of amides is 3. The maximum absolute atomic E-state index is 12.2. The highest BCUT2D eigenvalue weighted by Gasteiger charge is 2.21. The fourth-order valence-corrected chi connectivity index (χ4v) is 2.72. The van der Waals surface area contributed by atoms with Gasteiger partial charge in [-0.15, -0.1) is 0 Å². The molecular formula is C21H22N2O8. The van der Waals surface area contributed by atoms with Gasteiger partial charge in [-0.1, -0.05) is 12.1 Å². The number of urea groups is 1. The number of carbonyl (C=O) groups excluding carboxylic acids is 3. The molecule has 0 aliphatic carbocycles. The van der Waals surface area contributed by atoms with Crippen LogP contribution >= 0.6 is 0 Å². The van der Waals surface area contributed by atoms with Gasteiger partial charge in [-0.2, -0.15) is 0 Å². The summed E-state index contributed by atoms with van der Waals surface area (Å²) in [6.45, 7) is -0.258. The molecule has 2 aromatic rings. The quantitative estimate of drug-likeness (QED) is 0.635. The standard InChI is InChI=1S/C21H22N2O8/c1-27-14-7-13(8-15(9-14)28-2)20(25)30-12-19(24)23-21(26)22-10-16-11-29-17-5-3-4-6-18(17)31-16/h3-9,16H,10-12H2,1-2H3,(H2,22,23,24,26). The minimum absolute atomic E-state index is 0.122. The van der Waals surface area contributed by atoms with E-state index in [1.807, 2.05) is 12.1 Å². The molecule has 2 aromatic carbocycles. The number of rotatable bonds is 7. The second-order valence-corrected chi connectivity index (χ2v) is 6.43. The Morgan fingerprint density at radius 1 is 1.03 bits per heavy atom. The lowest BCUT2D eigenvalue weighted by Gasteiger charge is -2.26. The number of nitrogens with one attached hydrogen (secondary N) is 2. The topological polar surface area (TPSA) is 121 Å². The van der Waals surface area contributed by atoms with Gasteiger partial charge in [0, 0.05) is 6.07 Å². The van der Waals surface area contributed by atoms with Crippen molar-refractivity contribution >= 4 is 17.9 Å². The summed E-state index contributed by atoms with van der Waals surface area (Å²) in [5, 5.41) is 4.59. The monoisotopic (exact) mass is 430 g/mol. The second-order valence-electron chi connectivity index (χ2n) is 6.43. The summed E-state index contributed by atoms with van der Waals surface area (Å²) in [5.41, 5.74) is 0.142. The van der Waals surface area contributed by atoms with Crippen molar-refractivity contribution in [1.82, 2.24) is 10.6 Å². The summed E-state index contributed by atoms with van der Waals surface area (Å²) >= 11 is 0. The van der Waals surface area contributed by atoms with Crippen molar-refractivity contribution in [3.8, 4) is 23.0 Å². The van der Waals surface area contributed by atoms with Gasteiger partial charge in [-0.25, -0.2) is 9.59 Å². The third-order valence-corrected chi connectivity index (χ3v) is 4.23. The highest BCUT2D eigenvalue weighted by molar-refractivity contribution is 5.97. The number of benzene rings is 2. The van der Waals surface area contributed by atoms with Crippen LogP contribution in [0.3, 0.4) is 0 Å². The first kappa shape index (κ1) is 21.8. The molecule has 3 amide bonds. The molecule has 0 fully saturated rings. The Hall–Kier alpha value is -3.95. The minimum atomic E-state index is -0.785. The van der Waals surface area contributed by atoms with E-state index in [9.17, 15) is 14.4 Å². The van der Waals surface area contributed by atoms with Gasteiger partial charge in [-0.05, 0) is 24.3 Å². The highest BCUT2D eigenvalue weighted by atomic mass is 16.6. The maximum Gasteiger partial charge on any atom is 0.338 e. The van der Waals surface area contributed by atoms with Crippen molar-refractivity contribution in [1.29, 1.82) is 0 Å². The van der Waals surface area contributed by atoms with Crippen molar-refractivity contribution in [2.24, 2.45) is 0 Å². The average molecular weight is 430 g/mol. The molecule has 1 aliphatic heterocycles. The van der Waals surface area contributed by atoms with E-state index < -0.39 is 30.6 Å². The van der Waals surface area contributed by atoms with Crippen LogP contribution in [0.15, 0.2) is 42.5 Å². The molecule has 1 atom stereocenters. The fourth-order valence-electron chi connectivity index (χ4n) is 2.72. The summed E-state index contributed by atoms with van der Waals surface area (Å²) in [7, 11) is 2.89. The largest absolute Gasteiger partial charge is 0.497 e. The third-order valence-electron chi connectivity index (χ3n) is 4.23. The molecule has 1 unspecified atom stereocenters. The number of esters is 1. The summed E-state index contributed by atoms with van der Waals surface area (Å²) in [6, 6.07) is 10.9. The number of carbonyl (C=O) groups is 3. The summed E-state index contributed by atoms with van der Waals surface area (Å²) in [5.74, 6) is 0.455. The van der Waals surface area contributed by atoms with Crippen LogP contribution in [0.5, 0.6) is 23.0 Å². The summed E-state index contributed by atoms with van der Waals surface area (Å²) in [6.07, 6.45) is -0.406. The number of ether oxygens (including phenoxy) is 5. The molecule has 1 heterocycles. The molecule has 0 radical (unpaired) electrons. The first-order valence-electron chi connectivity index (χ1n) is 9.35. The smallest absolute Gasteiger partial charge is 0.338 e. The molecule has 0 aromatic heterocycles. The molecule has 2 N–H and O–H groups in total. The van der Waals surface area contributed by atoms with Crippen LogP contribution in [0.1, 0.15) is 10.4 Å². The Morgan fingerprint density at radius 2 is 1.71 bits per heavy atom. The lowest BCUT2D eigenvalue weighted by Crippen LogP contribution is -2.46. The third kappa shape index (κ3) is 6.01. The maximum atomic E-state index is 12.2. The van der Waals surface area contributed by atoms with Crippen LogP contribution in [0.4, 0.5) is 4.79 Å². The van der Waals surface area contributed by atoms with Crippen LogP contribution in [-0.2, 0) is 9.53 Å². The Balaban J connectivity index is 1.41. The van der Waals surface area contributed by atoms with Gasteiger partial charge >= 0.3 is 12.0 Å². The predicted octanol–water partition coefficient (Wildman–Crippen LogP) is 1.53. The molecule has 164 valence electrons. The van der Waals surface area contributed by atoms with E-state index >= 15 is 0 Å². The Kier molecular flexibility index (Phi) is 7.15. The molecule has 10 nitrogen and oxygen atoms in total. The Morgan fingerprint density at radius 3 is 2.39 bits per heavy atom. The first-order valence-corrected chi connectivity index (χ1v) is 9.35. The lowest BCUT2D eigenvalue weighted by atomic mass is 10.2. The van der Waals surface area contributed by atoms with Crippen molar-refractivity contribution < 1.29 is 38.1 Å². The normalized spacial score (nSPS) is 14.2. The molecule has 1 aliphatic rings. The van der Waals surface area contributed by atoms with E-state index in [1.54, 1.807) is 18.2 Å². The number of hydrogen-bond acceptors (Lipinski definition) is 8. The van der Waals surface area contributed by atoms with Crippen LogP contribution < -0.4 is 29.6 Å². The van der Waals surface area contributed by atoms with E-state index in [1.165, 1.54) is 26.4 Å². The van der Waals surface area contributed by atoms with Crippen molar-refractivity contribution in [3.05, 3.63) is 48.0 Å². The zero-order chi connectivity index (χ0) is 22.2. The number of para-hydroxylation sites is 2. The molecule has 10 heteroatoms. The zero-order valence-electron chi connectivity index (χ0n) is 17.0. The van der Waals surface area contributed by atoms with E-state index in [0.29, 0.717) is 23.0 Å². The molecule has 0 saturated carbocycles. The fraction of sp³-hybridized carbons (Fsp3) is 0.286. The lowest BCUT2D eigenvalue weighted by molar-refractivity contribution is -0.123. The molecular weight excluding hydrogens is 408 g/mol. The molecule has 3 rings (SSSR count). The predicted molar refractivity (Wildman–Crippen MR) is 108 cm³/mol. The number of methoxy groups -OCH3 is 2. The zero-order valence-corrected chi connectivity index (χ0v) is 17.0. The van der Waals surface area contributed by atoms with Gasteiger partial charge in [-0.3, -0.25) is 10.1 Å². The first-order chi connectivity index (χ1) is 15.0. The number of imide groups is 1. The van der Waals surface area contributed by atoms with Gasteiger partial charge in [0.25, 0.3) is 5.91 Å². The highest BCUT2D eigenvalue weighted by Crippen LogP contribution is 2.30. The van der Waals surface area contributed by atoms with Crippen LogP contribution in [0.2, 0.25) is 0 Å². The minimum Gasteiger partial charge on any atom is -0.497 e. The van der Waals surface area contributed by atoms with Crippen molar-refractivity contribution in [2.45, 2.75) is 6.10 Å². The van der Waals surface area contributed by atoms with E-state index in [0.717, 1.165) is 0 Å². The van der Waals surface area contributed by atoms with Gasteiger partial charge in [0.2, 0.25) is 0 Å². The number of hydrogen-bond donors (Lipinski definition) is 2. The molecule has 31 heavy (non-hydrogen) atoms. The van der Waals surface area contributed by atoms with Crippen molar-refractivity contribution in [3.63, 3.8) is 0 Å².